The third-order valence-electron chi connectivity index (χ3n) is 5.63. The van der Waals surface area contributed by atoms with Gasteiger partial charge in [0.25, 0.3) is 0 Å². The van der Waals surface area contributed by atoms with E-state index in [2.05, 4.69) is 53.7 Å². The number of guanidine groups is 1. The zero-order chi connectivity index (χ0) is 18.0. The first kappa shape index (κ1) is 21.9. The van der Waals surface area contributed by atoms with Gasteiger partial charge >= 0.3 is 0 Å². The zero-order valence-corrected chi connectivity index (χ0v) is 19.9. The summed E-state index contributed by atoms with van der Waals surface area (Å²) in [6, 6.07) is 1.99. The Bertz CT molecular complexity index is 595. The molecule has 0 amide bonds. The number of fused-ring (bicyclic) bond motifs is 2. The van der Waals surface area contributed by atoms with Crippen LogP contribution in [0.25, 0.3) is 0 Å². The minimum Gasteiger partial charge on any atom is -0.354 e. The molecular formula is C19H34IN5S. The highest BCUT2D eigenvalue weighted by atomic mass is 127. The maximum atomic E-state index is 4.76. The fourth-order valence-corrected chi connectivity index (χ4v) is 4.98. The quantitative estimate of drug-likeness (QED) is 0.385. The van der Waals surface area contributed by atoms with Gasteiger partial charge in [-0.1, -0.05) is 27.2 Å². The van der Waals surface area contributed by atoms with Crippen molar-refractivity contribution in [3.63, 3.8) is 0 Å². The normalized spacial score (nSPS) is 27.0. The smallest absolute Gasteiger partial charge is 0.191 e. The summed E-state index contributed by atoms with van der Waals surface area (Å²) in [6.07, 6.45) is 6.51. The van der Waals surface area contributed by atoms with E-state index in [1.54, 1.807) is 11.3 Å². The summed E-state index contributed by atoms with van der Waals surface area (Å²) in [5, 5.41) is 10.4. The molecule has 2 aliphatic heterocycles. The summed E-state index contributed by atoms with van der Waals surface area (Å²) in [5.41, 5.74) is 1.28. The predicted molar refractivity (Wildman–Crippen MR) is 122 cm³/mol. The second-order valence-corrected chi connectivity index (χ2v) is 9.46. The molecule has 0 saturated carbocycles. The van der Waals surface area contributed by atoms with Gasteiger partial charge in [-0.15, -0.1) is 35.3 Å². The third kappa shape index (κ3) is 5.32. The van der Waals surface area contributed by atoms with Gasteiger partial charge in [0.1, 0.15) is 5.01 Å². The van der Waals surface area contributed by atoms with Crippen LogP contribution in [0.4, 0.5) is 0 Å². The van der Waals surface area contributed by atoms with E-state index in [0.29, 0.717) is 6.04 Å². The molecule has 2 fully saturated rings. The van der Waals surface area contributed by atoms with E-state index in [1.165, 1.54) is 37.8 Å². The van der Waals surface area contributed by atoms with E-state index in [0.717, 1.165) is 29.6 Å². The second kappa shape index (κ2) is 9.19. The lowest BCUT2D eigenvalue weighted by Gasteiger charge is -2.47. The summed E-state index contributed by atoms with van der Waals surface area (Å²) in [5.74, 6) is 0.903. The van der Waals surface area contributed by atoms with Crippen molar-refractivity contribution >= 4 is 41.3 Å². The number of halogens is 1. The molecule has 0 aliphatic carbocycles. The standard InChI is InChI=1S/C19H33N5S.HI/c1-19(2,3)16-12-25-17(23-16)11-21-18(20-4)22-13-9-14-7-6-8-15(10-13)24(14)5;/h12-15H,6-11H2,1-5H3,(H2,20,21,22);1H. The number of nitrogens with one attached hydrogen (secondary N) is 2. The molecule has 1 aromatic heterocycles. The molecule has 148 valence electrons. The molecule has 0 spiro atoms. The van der Waals surface area contributed by atoms with E-state index >= 15 is 0 Å². The van der Waals surface area contributed by atoms with E-state index in [-0.39, 0.29) is 29.4 Å². The van der Waals surface area contributed by atoms with Crippen LogP contribution in [0, 0.1) is 0 Å². The Morgan fingerprint density at radius 1 is 1.31 bits per heavy atom. The topological polar surface area (TPSA) is 52.6 Å². The van der Waals surface area contributed by atoms with Crippen molar-refractivity contribution in [3.8, 4) is 0 Å². The molecule has 3 heterocycles. The van der Waals surface area contributed by atoms with Crippen molar-refractivity contribution in [1.29, 1.82) is 0 Å². The fraction of sp³-hybridized carbons (Fsp3) is 0.789. The first-order chi connectivity index (χ1) is 11.9. The van der Waals surface area contributed by atoms with E-state index in [4.69, 9.17) is 4.98 Å². The highest BCUT2D eigenvalue weighted by Gasteiger charge is 2.36. The van der Waals surface area contributed by atoms with Crippen LogP contribution in [-0.2, 0) is 12.0 Å². The molecule has 0 aromatic carbocycles. The second-order valence-electron chi connectivity index (χ2n) is 8.52. The fourth-order valence-electron chi connectivity index (χ4n) is 4.02. The Morgan fingerprint density at radius 3 is 2.50 bits per heavy atom. The van der Waals surface area contributed by atoms with E-state index in [1.807, 2.05) is 7.05 Å². The molecule has 1 aromatic rings. The Balaban J connectivity index is 0.00000243. The lowest BCUT2D eigenvalue weighted by Crippen LogP contribution is -2.56. The summed E-state index contributed by atoms with van der Waals surface area (Å²) in [6.45, 7) is 7.35. The van der Waals surface area contributed by atoms with Crippen LogP contribution in [0.2, 0.25) is 0 Å². The average molecular weight is 491 g/mol. The minimum absolute atomic E-state index is 0. The Labute approximate surface area is 179 Å². The maximum Gasteiger partial charge on any atom is 0.191 e. The van der Waals surface area contributed by atoms with Crippen LogP contribution in [0.15, 0.2) is 10.4 Å². The SMILES string of the molecule is CN=C(NCc1nc(C(C)(C)C)cs1)NC1CC2CCCC(C1)N2C.I. The lowest BCUT2D eigenvalue weighted by molar-refractivity contribution is 0.0526. The summed E-state index contributed by atoms with van der Waals surface area (Å²) in [4.78, 5) is 11.8. The van der Waals surface area contributed by atoms with Gasteiger partial charge in [0, 0.05) is 36.0 Å². The van der Waals surface area contributed by atoms with Gasteiger partial charge in [-0.2, -0.15) is 0 Å². The maximum absolute atomic E-state index is 4.76. The van der Waals surface area contributed by atoms with Crippen molar-refractivity contribution < 1.29 is 0 Å². The summed E-state index contributed by atoms with van der Waals surface area (Å²) < 4.78 is 0. The number of aliphatic imine (C=N–C) groups is 1. The highest BCUT2D eigenvalue weighted by molar-refractivity contribution is 14.0. The monoisotopic (exact) mass is 491 g/mol. The van der Waals surface area contributed by atoms with Gasteiger partial charge in [0.15, 0.2) is 5.96 Å². The number of aromatic nitrogens is 1. The summed E-state index contributed by atoms with van der Waals surface area (Å²) in [7, 11) is 4.15. The van der Waals surface area contributed by atoms with E-state index in [9.17, 15) is 0 Å². The number of rotatable bonds is 3. The minimum atomic E-state index is 0. The van der Waals surface area contributed by atoms with Gasteiger partial charge in [0.2, 0.25) is 0 Å². The first-order valence-corrected chi connectivity index (χ1v) is 10.4. The van der Waals surface area contributed by atoms with Crippen LogP contribution < -0.4 is 10.6 Å². The van der Waals surface area contributed by atoms with Gasteiger partial charge in [-0.25, -0.2) is 4.98 Å². The molecule has 2 N–H and O–H groups in total. The van der Waals surface area contributed by atoms with Crippen molar-refractivity contribution in [2.45, 2.75) is 83.0 Å². The van der Waals surface area contributed by atoms with Crippen LogP contribution in [0.1, 0.15) is 63.6 Å². The predicted octanol–water partition coefficient (Wildman–Crippen LogP) is 3.74. The molecular weight excluding hydrogens is 457 g/mol. The average Bonchev–Trinajstić information content (AvgIpc) is 3.01. The van der Waals surface area contributed by atoms with Crippen molar-refractivity contribution in [2.24, 2.45) is 4.99 Å². The molecule has 26 heavy (non-hydrogen) atoms. The zero-order valence-electron chi connectivity index (χ0n) is 16.7. The van der Waals surface area contributed by atoms with Crippen molar-refractivity contribution in [1.82, 2.24) is 20.5 Å². The third-order valence-corrected chi connectivity index (χ3v) is 6.48. The molecule has 7 heteroatoms. The molecule has 2 aliphatic rings. The molecule has 0 radical (unpaired) electrons. The number of nitrogens with zero attached hydrogens (tertiary/aromatic N) is 3. The Hall–Kier alpha value is -0.410. The highest BCUT2D eigenvalue weighted by Crippen LogP contribution is 2.32. The van der Waals surface area contributed by atoms with E-state index < -0.39 is 0 Å². The van der Waals surface area contributed by atoms with Gasteiger partial charge in [0.05, 0.1) is 12.2 Å². The van der Waals surface area contributed by atoms with Gasteiger partial charge in [-0.05, 0) is 32.7 Å². The number of piperidine rings is 2. The number of thiazole rings is 1. The van der Waals surface area contributed by atoms with Gasteiger partial charge in [-0.3, -0.25) is 4.99 Å². The van der Waals surface area contributed by atoms with Crippen LogP contribution in [0.3, 0.4) is 0 Å². The largest absolute Gasteiger partial charge is 0.354 e. The van der Waals surface area contributed by atoms with Crippen molar-refractivity contribution in [2.75, 3.05) is 14.1 Å². The van der Waals surface area contributed by atoms with Crippen LogP contribution >= 0.6 is 35.3 Å². The molecule has 2 saturated heterocycles. The van der Waals surface area contributed by atoms with Gasteiger partial charge < -0.3 is 15.5 Å². The Morgan fingerprint density at radius 2 is 1.96 bits per heavy atom. The van der Waals surface area contributed by atoms with Crippen LogP contribution in [-0.4, -0.2) is 48.1 Å². The molecule has 2 atom stereocenters. The molecule has 3 rings (SSSR count). The number of hydrogen-bond acceptors (Lipinski definition) is 4. The molecule has 2 bridgehead atoms. The lowest BCUT2D eigenvalue weighted by atomic mass is 9.82. The molecule has 2 unspecified atom stereocenters. The number of hydrogen-bond donors (Lipinski definition) is 2. The Kier molecular flexibility index (Phi) is 7.73. The van der Waals surface area contributed by atoms with Crippen molar-refractivity contribution in [3.05, 3.63) is 16.1 Å². The summed E-state index contributed by atoms with van der Waals surface area (Å²) >= 11 is 1.73. The van der Waals surface area contributed by atoms with Crippen LogP contribution in [0.5, 0.6) is 0 Å². The first-order valence-electron chi connectivity index (χ1n) is 9.51. The molecule has 5 nitrogen and oxygen atoms in total.